The minimum atomic E-state index is 0.569. The molecule has 2 heterocycles. The predicted octanol–water partition coefficient (Wildman–Crippen LogP) is 2.21. The summed E-state index contributed by atoms with van der Waals surface area (Å²) >= 11 is 0. The van der Waals surface area contributed by atoms with Crippen molar-refractivity contribution >= 4 is 16.6 Å². The highest BCUT2D eigenvalue weighted by Gasteiger charge is 2.21. The van der Waals surface area contributed by atoms with E-state index < -0.39 is 0 Å². The van der Waals surface area contributed by atoms with Gasteiger partial charge in [0.05, 0.1) is 6.20 Å². The SMILES string of the molecule is CCNC1CCCN(c2nncc3ccccc23)C1. The lowest BCUT2D eigenvalue weighted by Crippen LogP contribution is -2.46. The van der Waals surface area contributed by atoms with Gasteiger partial charge in [-0.15, -0.1) is 5.10 Å². The largest absolute Gasteiger partial charge is 0.353 e. The Morgan fingerprint density at radius 3 is 3.16 bits per heavy atom. The molecule has 100 valence electrons. The summed E-state index contributed by atoms with van der Waals surface area (Å²) < 4.78 is 0. The molecule has 0 bridgehead atoms. The van der Waals surface area contributed by atoms with Crippen LogP contribution in [0.15, 0.2) is 30.5 Å². The molecule has 0 aliphatic carbocycles. The van der Waals surface area contributed by atoms with Crippen molar-refractivity contribution in [2.24, 2.45) is 0 Å². The second-order valence-electron chi connectivity index (χ2n) is 5.10. The number of hydrogen-bond acceptors (Lipinski definition) is 4. The Hall–Kier alpha value is -1.68. The molecule has 0 radical (unpaired) electrons. The molecule has 19 heavy (non-hydrogen) atoms. The molecule has 4 nitrogen and oxygen atoms in total. The molecular formula is C15H20N4. The average Bonchev–Trinajstić information content (AvgIpc) is 2.47. The molecule has 1 atom stereocenters. The topological polar surface area (TPSA) is 41.0 Å². The Balaban J connectivity index is 1.91. The van der Waals surface area contributed by atoms with E-state index in [1.807, 2.05) is 12.3 Å². The number of benzene rings is 1. The highest BCUT2D eigenvalue weighted by Crippen LogP contribution is 2.25. The summed E-state index contributed by atoms with van der Waals surface area (Å²) in [7, 11) is 0. The smallest absolute Gasteiger partial charge is 0.159 e. The summed E-state index contributed by atoms with van der Waals surface area (Å²) in [5.41, 5.74) is 0. The molecule has 1 aromatic carbocycles. The van der Waals surface area contributed by atoms with Crippen LogP contribution in [0.2, 0.25) is 0 Å². The van der Waals surface area contributed by atoms with E-state index in [0.717, 1.165) is 30.8 Å². The van der Waals surface area contributed by atoms with Gasteiger partial charge >= 0.3 is 0 Å². The first-order valence-corrected chi connectivity index (χ1v) is 7.07. The quantitative estimate of drug-likeness (QED) is 0.914. The van der Waals surface area contributed by atoms with Crippen LogP contribution >= 0.6 is 0 Å². The van der Waals surface area contributed by atoms with Crippen molar-refractivity contribution in [3.8, 4) is 0 Å². The average molecular weight is 256 g/mol. The van der Waals surface area contributed by atoms with Gasteiger partial charge in [0, 0.05) is 29.9 Å². The fourth-order valence-electron chi connectivity index (χ4n) is 2.87. The molecule has 1 fully saturated rings. The maximum Gasteiger partial charge on any atom is 0.159 e. The Bertz CT molecular complexity index is 547. The van der Waals surface area contributed by atoms with Crippen LogP contribution in [0.1, 0.15) is 19.8 Å². The van der Waals surface area contributed by atoms with E-state index in [-0.39, 0.29) is 0 Å². The Morgan fingerprint density at radius 1 is 1.37 bits per heavy atom. The van der Waals surface area contributed by atoms with Crippen molar-refractivity contribution in [2.45, 2.75) is 25.8 Å². The number of nitrogens with zero attached hydrogens (tertiary/aromatic N) is 3. The molecule has 0 amide bonds. The molecule has 1 aliphatic heterocycles. The van der Waals surface area contributed by atoms with Gasteiger partial charge in [-0.2, -0.15) is 5.10 Å². The minimum absolute atomic E-state index is 0.569. The van der Waals surface area contributed by atoms with Gasteiger partial charge in [-0.25, -0.2) is 0 Å². The van der Waals surface area contributed by atoms with Crippen LogP contribution in [-0.2, 0) is 0 Å². The van der Waals surface area contributed by atoms with Crippen molar-refractivity contribution in [3.05, 3.63) is 30.5 Å². The Morgan fingerprint density at radius 2 is 2.26 bits per heavy atom. The van der Waals surface area contributed by atoms with Crippen LogP contribution < -0.4 is 10.2 Å². The molecule has 1 aromatic heterocycles. The van der Waals surface area contributed by atoms with Gasteiger partial charge in [0.15, 0.2) is 5.82 Å². The summed E-state index contributed by atoms with van der Waals surface area (Å²) in [6.45, 7) is 5.29. The summed E-state index contributed by atoms with van der Waals surface area (Å²) in [5, 5.41) is 14.4. The number of anilines is 1. The molecule has 1 N–H and O–H groups in total. The van der Waals surface area contributed by atoms with E-state index in [1.54, 1.807) is 0 Å². The van der Waals surface area contributed by atoms with Crippen LogP contribution in [0.4, 0.5) is 5.82 Å². The van der Waals surface area contributed by atoms with E-state index in [2.05, 4.69) is 45.5 Å². The third-order valence-corrected chi connectivity index (χ3v) is 3.76. The van der Waals surface area contributed by atoms with Gasteiger partial charge in [-0.3, -0.25) is 0 Å². The van der Waals surface area contributed by atoms with Crippen LogP contribution in [-0.4, -0.2) is 35.9 Å². The van der Waals surface area contributed by atoms with Crippen LogP contribution in [0, 0.1) is 0 Å². The first kappa shape index (κ1) is 12.4. The predicted molar refractivity (Wildman–Crippen MR) is 78.4 cm³/mol. The molecule has 1 unspecified atom stereocenters. The number of rotatable bonds is 3. The van der Waals surface area contributed by atoms with Crippen molar-refractivity contribution in [3.63, 3.8) is 0 Å². The van der Waals surface area contributed by atoms with E-state index in [0.29, 0.717) is 6.04 Å². The van der Waals surface area contributed by atoms with E-state index >= 15 is 0 Å². The number of hydrogen-bond donors (Lipinski definition) is 1. The molecule has 1 aliphatic rings. The van der Waals surface area contributed by atoms with Gasteiger partial charge in [-0.1, -0.05) is 31.2 Å². The maximum absolute atomic E-state index is 4.37. The van der Waals surface area contributed by atoms with E-state index in [1.165, 1.54) is 18.2 Å². The highest BCUT2D eigenvalue weighted by atomic mass is 15.3. The maximum atomic E-state index is 4.37. The lowest BCUT2D eigenvalue weighted by atomic mass is 10.0. The molecule has 2 aromatic rings. The normalized spacial score (nSPS) is 19.8. The molecular weight excluding hydrogens is 236 g/mol. The molecule has 3 rings (SSSR count). The molecule has 1 saturated heterocycles. The van der Waals surface area contributed by atoms with Gasteiger partial charge in [-0.05, 0) is 19.4 Å². The van der Waals surface area contributed by atoms with Crippen molar-refractivity contribution in [1.29, 1.82) is 0 Å². The number of likely N-dealkylation sites (N-methyl/N-ethyl adjacent to an activating group) is 1. The summed E-state index contributed by atoms with van der Waals surface area (Å²) in [6, 6.07) is 8.92. The van der Waals surface area contributed by atoms with Gasteiger partial charge in [0.25, 0.3) is 0 Å². The zero-order valence-corrected chi connectivity index (χ0v) is 11.3. The fraction of sp³-hybridized carbons (Fsp3) is 0.467. The number of nitrogens with one attached hydrogen (secondary N) is 1. The Labute approximate surface area is 113 Å². The number of piperidine rings is 1. The van der Waals surface area contributed by atoms with Crippen LogP contribution in [0.3, 0.4) is 0 Å². The molecule has 0 saturated carbocycles. The Kier molecular flexibility index (Phi) is 3.60. The van der Waals surface area contributed by atoms with E-state index in [9.17, 15) is 0 Å². The second kappa shape index (κ2) is 5.53. The number of fused-ring (bicyclic) bond motifs is 1. The van der Waals surface area contributed by atoms with Crippen molar-refractivity contribution in [2.75, 3.05) is 24.5 Å². The first-order valence-electron chi connectivity index (χ1n) is 7.07. The first-order chi connectivity index (χ1) is 9.38. The second-order valence-corrected chi connectivity index (χ2v) is 5.10. The van der Waals surface area contributed by atoms with Crippen LogP contribution in [0.25, 0.3) is 10.8 Å². The van der Waals surface area contributed by atoms with Crippen molar-refractivity contribution < 1.29 is 0 Å². The number of aromatic nitrogens is 2. The zero-order chi connectivity index (χ0) is 13.1. The van der Waals surface area contributed by atoms with Crippen molar-refractivity contribution in [1.82, 2.24) is 15.5 Å². The van der Waals surface area contributed by atoms with Crippen LogP contribution in [0.5, 0.6) is 0 Å². The lowest BCUT2D eigenvalue weighted by molar-refractivity contribution is 0.429. The van der Waals surface area contributed by atoms with Gasteiger partial charge in [0.2, 0.25) is 0 Å². The third kappa shape index (κ3) is 2.54. The van der Waals surface area contributed by atoms with E-state index in [4.69, 9.17) is 0 Å². The van der Waals surface area contributed by atoms with Gasteiger partial charge in [0.1, 0.15) is 0 Å². The summed E-state index contributed by atoms with van der Waals surface area (Å²) in [6.07, 6.45) is 4.30. The summed E-state index contributed by atoms with van der Waals surface area (Å²) in [5.74, 6) is 1.03. The summed E-state index contributed by atoms with van der Waals surface area (Å²) in [4.78, 5) is 2.37. The monoisotopic (exact) mass is 256 g/mol. The third-order valence-electron chi connectivity index (χ3n) is 3.76. The zero-order valence-electron chi connectivity index (χ0n) is 11.3. The standard InChI is InChI=1S/C15H20N4/c1-2-16-13-7-5-9-19(11-13)15-14-8-4-3-6-12(14)10-17-18-15/h3-4,6,8,10,13,16H,2,5,7,9,11H2,1H3. The van der Waals surface area contributed by atoms with Gasteiger partial charge < -0.3 is 10.2 Å². The minimum Gasteiger partial charge on any atom is -0.353 e. The fourth-order valence-corrected chi connectivity index (χ4v) is 2.87. The molecule has 4 heteroatoms. The molecule has 0 spiro atoms. The lowest BCUT2D eigenvalue weighted by Gasteiger charge is -2.34. The highest BCUT2D eigenvalue weighted by molar-refractivity contribution is 5.91.